The summed E-state index contributed by atoms with van der Waals surface area (Å²) in [7, 11) is 0. The Labute approximate surface area is 88.3 Å². The fourth-order valence-electron chi connectivity index (χ4n) is 1.02. The van der Waals surface area contributed by atoms with Crippen molar-refractivity contribution in [1.29, 1.82) is 0 Å². The van der Waals surface area contributed by atoms with Gasteiger partial charge in [-0.1, -0.05) is 6.07 Å². The van der Waals surface area contributed by atoms with Crippen molar-refractivity contribution in [3.63, 3.8) is 0 Å². The lowest BCUT2D eigenvalue weighted by molar-refractivity contribution is -0.120. The maximum atomic E-state index is 11.3. The molecule has 74 valence electrons. The van der Waals surface area contributed by atoms with E-state index in [1.807, 2.05) is 17.5 Å². The van der Waals surface area contributed by atoms with Gasteiger partial charge >= 0.3 is 0 Å². The van der Waals surface area contributed by atoms with Crippen LogP contribution in [0.1, 0.15) is 18.2 Å². The SMILES string of the molecule is CC#CCCNC(=O)Cc1cccs1. The topological polar surface area (TPSA) is 29.1 Å². The quantitative estimate of drug-likeness (QED) is 0.592. The van der Waals surface area contributed by atoms with E-state index in [0.29, 0.717) is 13.0 Å². The standard InChI is InChI=1S/C11H13NOS/c1-2-3-4-7-12-11(13)9-10-6-5-8-14-10/h5-6,8H,4,7,9H2,1H3,(H,12,13). The summed E-state index contributed by atoms with van der Waals surface area (Å²) in [6, 6.07) is 3.92. The highest BCUT2D eigenvalue weighted by atomic mass is 32.1. The van der Waals surface area contributed by atoms with Gasteiger partial charge in [0.05, 0.1) is 6.42 Å². The van der Waals surface area contributed by atoms with Crippen LogP contribution < -0.4 is 5.32 Å². The molecule has 0 unspecified atom stereocenters. The fourth-order valence-corrected chi connectivity index (χ4v) is 1.73. The average Bonchev–Trinajstić information content (AvgIpc) is 2.65. The van der Waals surface area contributed by atoms with Crippen molar-refractivity contribution in [2.75, 3.05) is 6.54 Å². The van der Waals surface area contributed by atoms with Crippen molar-refractivity contribution in [3.8, 4) is 11.8 Å². The molecule has 0 spiro atoms. The Balaban J connectivity index is 2.19. The third kappa shape index (κ3) is 4.11. The minimum atomic E-state index is 0.0744. The zero-order valence-electron chi connectivity index (χ0n) is 8.17. The van der Waals surface area contributed by atoms with Crippen molar-refractivity contribution < 1.29 is 4.79 Å². The van der Waals surface area contributed by atoms with Crippen LogP contribution in [-0.4, -0.2) is 12.5 Å². The fraction of sp³-hybridized carbons (Fsp3) is 0.364. The smallest absolute Gasteiger partial charge is 0.225 e. The van der Waals surface area contributed by atoms with Gasteiger partial charge in [0.2, 0.25) is 5.91 Å². The number of rotatable bonds is 4. The molecule has 0 aliphatic heterocycles. The molecule has 1 amide bonds. The molecule has 0 radical (unpaired) electrons. The van der Waals surface area contributed by atoms with Gasteiger partial charge in [-0.25, -0.2) is 0 Å². The second-order valence-electron chi connectivity index (χ2n) is 2.78. The summed E-state index contributed by atoms with van der Waals surface area (Å²) in [4.78, 5) is 12.4. The van der Waals surface area contributed by atoms with E-state index in [1.54, 1.807) is 18.3 Å². The van der Waals surface area contributed by atoms with E-state index in [9.17, 15) is 4.79 Å². The van der Waals surface area contributed by atoms with E-state index < -0.39 is 0 Å². The van der Waals surface area contributed by atoms with E-state index in [2.05, 4.69) is 17.2 Å². The molecule has 0 saturated heterocycles. The van der Waals surface area contributed by atoms with Crippen LogP contribution in [-0.2, 0) is 11.2 Å². The predicted octanol–water partition coefficient (Wildman–Crippen LogP) is 1.82. The molecule has 1 N–H and O–H groups in total. The maximum Gasteiger partial charge on any atom is 0.225 e. The Morgan fingerprint density at radius 2 is 2.50 bits per heavy atom. The third-order valence-corrected chi connectivity index (χ3v) is 2.54. The molecule has 0 bridgehead atoms. The lowest BCUT2D eigenvalue weighted by Gasteiger charge is -2.00. The minimum Gasteiger partial charge on any atom is -0.355 e. The number of carbonyl (C=O) groups excluding carboxylic acids is 1. The van der Waals surface area contributed by atoms with Crippen LogP contribution in [0.5, 0.6) is 0 Å². The first-order valence-corrected chi connectivity index (χ1v) is 5.39. The molecule has 2 nitrogen and oxygen atoms in total. The second-order valence-corrected chi connectivity index (χ2v) is 3.82. The summed E-state index contributed by atoms with van der Waals surface area (Å²) in [6.45, 7) is 2.44. The predicted molar refractivity (Wildman–Crippen MR) is 59.1 cm³/mol. The summed E-state index contributed by atoms with van der Waals surface area (Å²) in [5, 5.41) is 4.80. The van der Waals surface area contributed by atoms with Gasteiger partial charge in [-0.2, -0.15) is 0 Å². The molecule has 3 heteroatoms. The van der Waals surface area contributed by atoms with Crippen LogP contribution in [0.25, 0.3) is 0 Å². The summed E-state index contributed by atoms with van der Waals surface area (Å²) < 4.78 is 0. The first-order valence-electron chi connectivity index (χ1n) is 4.51. The highest BCUT2D eigenvalue weighted by Crippen LogP contribution is 2.08. The molecular weight excluding hydrogens is 194 g/mol. The zero-order chi connectivity index (χ0) is 10.2. The Kier molecular flexibility index (Phi) is 4.81. The van der Waals surface area contributed by atoms with Crippen LogP contribution in [0.2, 0.25) is 0 Å². The molecular formula is C11H13NOS. The zero-order valence-corrected chi connectivity index (χ0v) is 8.99. The van der Waals surface area contributed by atoms with Gasteiger partial charge in [0.25, 0.3) is 0 Å². The van der Waals surface area contributed by atoms with E-state index >= 15 is 0 Å². The normalized spacial score (nSPS) is 8.93. The Bertz CT molecular complexity index is 332. The number of hydrogen-bond acceptors (Lipinski definition) is 2. The lowest BCUT2D eigenvalue weighted by Crippen LogP contribution is -2.25. The Morgan fingerprint density at radius 3 is 3.14 bits per heavy atom. The van der Waals surface area contributed by atoms with Crippen LogP contribution >= 0.6 is 11.3 Å². The highest BCUT2D eigenvalue weighted by molar-refractivity contribution is 7.10. The third-order valence-electron chi connectivity index (χ3n) is 1.66. The minimum absolute atomic E-state index is 0.0744. The lowest BCUT2D eigenvalue weighted by atomic mass is 10.3. The largest absolute Gasteiger partial charge is 0.355 e. The highest BCUT2D eigenvalue weighted by Gasteiger charge is 2.01. The monoisotopic (exact) mass is 207 g/mol. The number of thiophene rings is 1. The number of carbonyl (C=O) groups is 1. The summed E-state index contributed by atoms with van der Waals surface area (Å²) >= 11 is 1.61. The molecule has 1 aromatic heterocycles. The van der Waals surface area contributed by atoms with Gasteiger partial charge < -0.3 is 5.32 Å². The molecule has 0 aromatic carbocycles. The number of nitrogens with one attached hydrogen (secondary N) is 1. The summed E-state index contributed by atoms with van der Waals surface area (Å²) in [6.07, 6.45) is 1.21. The molecule has 0 aliphatic rings. The maximum absolute atomic E-state index is 11.3. The van der Waals surface area contributed by atoms with Gasteiger partial charge in [-0.15, -0.1) is 23.2 Å². The molecule has 0 aliphatic carbocycles. The first kappa shape index (κ1) is 10.8. The molecule has 0 atom stereocenters. The Hall–Kier alpha value is -1.27. The summed E-state index contributed by atoms with van der Waals surface area (Å²) in [5.41, 5.74) is 0. The van der Waals surface area contributed by atoms with Crippen LogP contribution in [0.4, 0.5) is 0 Å². The van der Waals surface area contributed by atoms with Crippen molar-refractivity contribution in [2.24, 2.45) is 0 Å². The Morgan fingerprint density at radius 1 is 1.64 bits per heavy atom. The van der Waals surface area contributed by atoms with Gasteiger partial charge in [0, 0.05) is 17.8 Å². The van der Waals surface area contributed by atoms with Crippen molar-refractivity contribution in [1.82, 2.24) is 5.32 Å². The van der Waals surface area contributed by atoms with Gasteiger partial charge in [0.15, 0.2) is 0 Å². The molecule has 1 aromatic rings. The van der Waals surface area contributed by atoms with Gasteiger partial charge in [0.1, 0.15) is 0 Å². The van der Waals surface area contributed by atoms with E-state index in [1.165, 1.54) is 0 Å². The second kappa shape index (κ2) is 6.22. The van der Waals surface area contributed by atoms with Gasteiger partial charge in [-0.3, -0.25) is 4.79 Å². The number of amides is 1. The summed E-state index contributed by atoms with van der Waals surface area (Å²) in [5.74, 6) is 5.76. The molecule has 14 heavy (non-hydrogen) atoms. The van der Waals surface area contributed by atoms with Crippen molar-refractivity contribution >= 4 is 17.2 Å². The molecule has 0 saturated carbocycles. The van der Waals surface area contributed by atoms with Gasteiger partial charge in [-0.05, 0) is 18.4 Å². The van der Waals surface area contributed by atoms with Crippen molar-refractivity contribution in [3.05, 3.63) is 22.4 Å². The average molecular weight is 207 g/mol. The molecule has 1 rings (SSSR count). The van der Waals surface area contributed by atoms with Crippen LogP contribution in [0, 0.1) is 11.8 Å². The first-order chi connectivity index (χ1) is 6.83. The molecule has 1 heterocycles. The van der Waals surface area contributed by atoms with Crippen molar-refractivity contribution in [2.45, 2.75) is 19.8 Å². The number of hydrogen-bond donors (Lipinski definition) is 1. The van der Waals surface area contributed by atoms with Crippen LogP contribution in [0.3, 0.4) is 0 Å². The van der Waals surface area contributed by atoms with Crippen LogP contribution in [0.15, 0.2) is 17.5 Å². The van der Waals surface area contributed by atoms with E-state index in [0.717, 1.165) is 11.3 Å². The van der Waals surface area contributed by atoms with E-state index in [-0.39, 0.29) is 5.91 Å². The molecule has 0 fully saturated rings. The van der Waals surface area contributed by atoms with E-state index in [4.69, 9.17) is 0 Å².